The Balaban J connectivity index is 1.62. The number of hydrogen-bond acceptors (Lipinski definition) is 4. The van der Waals surface area contributed by atoms with Crippen molar-refractivity contribution >= 4 is 34.5 Å². The third-order valence-corrected chi connectivity index (χ3v) is 4.09. The zero-order valence-electron chi connectivity index (χ0n) is 12.4. The van der Waals surface area contributed by atoms with Gasteiger partial charge in [0.05, 0.1) is 5.75 Å². The van der Waals surface area contributed by atoms with Gasteiger partial charge in [0.1, 0.15) is 5.52 Å². The minimum Gasteiger partial charge on any atom is -0.431 e. The number of carbonyl (C=O) groups excluding carboxylic acids is 1. The van der Waals surface area contributed by atoms with Crippen molar-refractivity contribution < 1.29 is 9.21 Å². The average molecular weight is 312 g/mol. The number of benzene rings is 2. The Morgan fingerprint density at radius 1 is 1.23 bits per heavy atom. The number of rotatable bonds is 4. The number of carbonyl (C=O) groups is 1. The SMILES string of the molecule is Cc1ccc(NC(=O)CSc2nc3ccccc3o2)c(C)c1. The fraction of sp³-hybridized carbons (Fsp3) is 0.176. The highest BCUT2D eigenvalue weighted by Crippen LogP contribution is 2.23. The molecule has 0 saturated carbocycles. The first kappa shape index (κ1) is 14.7. The fourth-order valence-electron chi connectivity index (χ4n) is 2.18. The van der Waals surface area contributed by atoms with Crippen LogP contribution in [-0.4, -0.2) is 16.6 Å². The van der Waals surface area contributed by atoms with Crippen LogP contribution in [0.15, 0.2) is 52.1 Å². The van der Waals surface area contributed by atoms with E-state index in [-0.39, 0.29) is 11.7 Å². The first-order valence-corrected chi connectivity index (χ1v) is 7.96. The van der Waals surface area contributed by atoms with Gasteiger partial charge in [0.15, 0.2) is 5.58 Å². The molecule has 0 atom stereocenters. The second-order valence-electron chi connectivity index (χ2n) is 5.10. The zero-order chi connectivity index (χ0) is 15.5. The molecule has 0 fully saturated rings. The van der Waals surface area contributed by atoms with Gasteiger partial charge in [0, 0.05) is 5.69 Å². The van der Waals surface area contributed by atoms with E-state index in [0.717, 1.165) is 22.4 Å². The van der Waals surface area contributed by atoms with Crippen LogP contribution in [-0.2, 0) is 4.79 Å². The van der Waals surface area contributed by atoms with Gasteiger partial charge in [-0.2, -0.15) is 0 Å². The van der Waals surface area contributed by atoms with Crippen LogP contribution in [0.25, 0.3) is 11.1 Å². The van der Waals surface area contributed by atoms with Crippen molar-refractivity contribution in [3.05, 3.63) is 53.6 Å². The number of amides is 1. The average Bonchev–Trinajstić information content (AvgIpc) is 2.91. The van der Waals surface area contributed by atoms with E-state index in [1.165, 1.54) is 17.3 Å². The third kappa shape index (κ3) is 3.31. The highest BCUT2D eigenvalue weighted by molar-refractivity contribution is 7.99. The van der Waals surface area contributed by atoms with Gasteiger partial charge in [-0.25, -0.2) is 4.98 Å². The monoisotopic (exact) mass is 312 g/mol. The molecule has 1 heterocycles. The molecule has 3 rings (SSSR count). The second-order valence-corrected chi connectivity index (χ2v) is 6.03. The number of aryl methyl sites for hydroxylation is 2. The molecule has 0 spiro atoms. The smallest absolute Gasteiger partial charge is 0.257 e. The quantitative estimate of drug-likeness (QED) is 0.734. The lowest BCUT2D eigenvalue weighted by Gasteiger charge is -2.08. The van der Waals surface area contributed by atoms with Crippen LogP contribution in [0.5, 0.6) is 0 Å². The lowest BCUT2D eigenvalue weighted by Crippen LogP contribution is -2.14. The van der Waals surface area contributed by atoms with Gasteiger partial charge in [-0.3, -0.25) is 4.79 Å². The van der Waals surface area contributed by atoms with E-state index in [1.807, 2.05) is 56.3 Å². The molecule has 1 N–H and O–H groups in total. The summed E-state index contributed by atoms with van der Waals surface area (Å²) in [6.07, 6.45) is 0. The summed E-state index contributed by atoms with van der Waals surface area (Å²) in [5.41, 5.74) is 4.62. The Hall–Kier alpha value is -2.27. The molecule has 3 aromatic rings. The van der Waals surface area contributed by atoms with Crippen LogP contribution in [0.2, 0.25) is 0 Å². The number of nitrogens with one attached hydrogen (secondary N) is 1. The van der Waals surface area contributed by atoms with Gasteiger partial charge in [-0.1, -0.05) is 41.6 Å². The molecule has 0 aliphatic carbocycles. The molecule has 0 aliphatic rings. The molecule has 0 radical (unpaired) electrons. The number of fused-ring (bicyclic) bond motifs is 1. The number of thioether (sulfide) groups is 1. The number of anilines is 1. The van der Waals surface area contributed by atoms with E-state index in [1.54, 1.807) is 0 Å². The zero-order valence-corrected chi connectivity index (χ0v) is 13.2. The Bertz CT molecular complexity index is 793. The molecule has 112 valence electrons. The van der Waals surface area contributed by atoms with Gasteiger partial charge in [-0.05, 0) is 37.6 Å². The Labute approximate surface area is 132 Å². The maximum atomic E-state index is 12.0. The van der Waals surface area contributed by atoms with Gasteiger partial charge in [-0.15, -0.1) is 0 Å². The lowest BCUT2D eigenvalue weighted by molar-refractivity contribution is -0.113. The number of hydrogen-bond donors (Lipinski definition) is 1. The molecule has 1 amide bonds. The molecule has 0 unspecified atom stereocenters. The van der Waals surface area contributed by atoms with E-state index < -0.39 is 0 Å². The Morgan fingerprint density at radius 2 is 2.05 bits per heavy atom. The van der Waals surface area contributed by atoms with Crippen LogP contribution in [0.3, 0.4) is 0 Å². The fourth-order valence-corrected chi connectivity index (χ4v) is 2.82. The number of nitrogens with zero attached hydrogens (tertiary/aromatic N) is 1. The first-order valence-electron chi connectivity index (χ1n) is 6.97. The predicted octanol–water partition coefficient (Wildman–Crippen LogP) is 4.18. The molecule has 0 saturated heterocycles. The van der Waals surface area contributed by atoms with Gasteiger partial charge >= 0.3 is 0 Å². The second kappa shape index (κ2) is 6.23. The van der Waals surface area contributed by atoms with Crippen molar-refractivity contribution in [3.63, 3.8) is 0 Å². The standard InChI is InChI=1S/C17H16N2O2S/c1-11-7-8-13(12(2)9-11)18-16(20)10-22-17-19-14-5-3-4-6-15(14)21-17/h3-9H,10H2,1-2H3,(H,18,20). The number of para-hydroxylation sites is 2. The van der Waals surface area contributed by atoms with E-state index in [0.29, 0.717) is 5.22 Å². The topological polar surface area (TPSA) is 55.1 Å². The van der Waals surface area contributed by atoms with Crippen molar-refractivity contribution in [3.8, 4) is 0 Å². The van der Waals surface area contributed by atoms with Gasteiger partial charge in [0.25, 0.3) is 5.22 Å². The van der Waals surface area contributed by atoms with Gasteiger partial charge < -0.3 is 9.73 Å². The van der Waals surface area contributed by atoms with E-state index in [9.17, 15) is 4.79 Å². The molecule has 4 nitrogen and oxygen atoms in total. The largest absolute Gasteiger partial charge is 0.431 e. The lowest BCUT2D eigenvalue weighted by atomic mass is 10.1. The molecular weight excluding hydrogens is 296 g/mol. The van der Waals surface area contributed by atoms with Crippen LogP contribution in [0.1, 0.15) is 11.1 Å². The molecule has 2 aromatic carbocycles. The molecular formula is C17H16N2O2S. The summed E-state index contributed by atoms with van der Waals surface area (Å²) < 4.78 is 5.58. The summed E-state index contributed by atoms with van der Waals surface area (Å²) in [5, 5.41) is 3.42. The van der Waals surface area contributed by atoms with Crippen LogP contribution in [0, 0.1) is 13.8 Å². The van der Waals surface area contributed by atoms with Crippen molar-refractivity contribution in [2.75, 3.05) is 11.1 Å². The first-order chi connectivity index (χ1) is 10.6. The van der Waals surface area contributed by atoms with E-state index >= 15 is 0 Å². The van der Waals surface area contributed by atoms with Crippen molar-refractivity contribution in [1.29, 1.82) is 0 Å². The number of aromatic nitrogens is 1. The summed E-state index contributed by atoms with van der Waals surface area (Å²) in [5.74, 6) is 0.194. The molecule has 0 aliphatic heterocycles. The van der Waals surface area contributed by atoms with Crippen LogP contribution >= 0.6 is 11.8 Å². The van der Waals surface area contributed by atoms with Crippen molar-refractivity contribution in [1.82, 2.24) is 4.98 Å². The highest BCUT2D eigenvalue weighted by atomic mass is 32.2. The van der Waals surface area contributed by atoms with Gasteiger partial charge in [0.2, 0.25) is 5.91 Å². The molecule has 22 heavy (non-hydrogen) atoms. The van der Waals surface area contributed by atoms with Crippen molar-refractivity contribution in [2.45, 2.75) is 19.1 Å². The minimum atomic E-state index is -0.0702. The van der Waals surface area contributed by atoms with Crippen LogP contribution < -0.4 is 5.32 Å². The Morgan fingerprint density at radius 3 is 2.82 bits per heavy atom. The number of oxazole rings is 1. The maximum Gasteiger partial charge on any atom is 0.257 e. The maximum absolute atomic E-state index is 12.0. The summed E-state index contributed by atoms with van der Waals surface area (Å²) in [4.78, 5) is 16.4. The van der Waals surface area contributed by atoms with Crippen molar-refractivity contribution in [2.24, 2.45) is 0 Å². The normalized spacial score (nSPS) is 10.8. The van der Waals surface area contributed by atoms with E-state index in [2.05, 4.69) is 10.3 Å². The third-order valence-electron chi connectivity index (χ3n) is 3.26. The molecule has 5 heteroatoms. The summed E-state index contributed by atoms with van der Waals surface area (Å²) in [6.45, 7) is 4.01. The summed E-state index contributed by atoms with van der Waals surface area (Å²) in [7, 11) is 0. The highest BCUT2D eigenvalue weighted by Gasteiger charge is 2.10. The van der Waals surface area contributed by atoms with E-state index in [4.69, 9.17) is 4.42 Å². The molecule has 1 aromatic heterocycles. The predicted molar refractivity (Wildman–Crippen MR) is 89.3 cm³/mol. The summed E-state index contributed by atoms with van der Waals surface area (Å²) >= 11 is 1.29. The van der Waals surface area contributed by atoms with Crippen LogP contribution in [0.4, 0.5) is 5.69 Å². The Kier molecular flexibility index (Phi) is 4.15. The molecule has 0 bridgehead atoms. The summed E-state index contributed by atoms with van der Waals surface area (Å²) in [6, 6.07) is 13.5. The minimum absolute atomic E-state index is 0.0702.